The van der Waals surface area contributed by atoms with Crippen molar-refractivity contribution in [3.05, 3.63) is 36.5 Å². The highest BCUT2D eigenvalue weighted by molar-refractivity contribution is 5.80. The van der Waals surface area contributed by atoms with Crippen LogP contribution in [0.3, 0.4) is 0 Å². The molecule has 0 radical (unpaired) electrons. The molecule has 3 atom stereocenters. The highest BCUT2D eigenvalue weighted by Gasteiger charge is 2.22. The summed E-state index contributed by atoms with van der Waals surface area (Å²) >= 11 is 0. The van der Waals surface area contributed by atoms with Gasteiger partial charge in [0.05, 0.1) is 18.8 Å². The van der Waals surface area contributed by atoms with E-state index in [4.69, 9.17) is 0 Å². The molecule has 58 heavy (non-hydrogen) atoms. The first-order valence-corrected chi connectivity index (χ1v) is 25.8. The Morgan fingerprint density at radius 1 is 0.414 bits per heavy atom. The monoisotopic (exact) mass is 816 g/mol. The highest BCUT2D eigenvalue weighted by Crippen LogP contribution is 2.16. The second kappa shape index (κ2) is 48.2. The van der Waals surface area contributed by atoms with Crippen molar-refractivity contribution in [1.82, 2.24) is 5.32 Å². The third kappa shape index (κ3) is 42.7. The molecule has 0 rings (SSSR count). The van der Waals surface area contributed by atoms with Gasteiger partial charge in [-0.15, -0.1) is 0 Å². The summed E-state index contributed by atoms with van der Waals surface area (Å²) in [6.07, 6.45) is 62.0. The van der Waals surface area contributed by atoms with E-state index in [0.717, 1.165) is 38.5 Å². The molecule has 0 aliphatic carbocycles. The molecule has 342 valence electrons. The molecule has 0 aliphatic rings. The molecule has 1 amide bonds. The molecule has 0 spiro atoms. The van der Waals surface area contributed by atoms with Crippen molar-refractivity contribution < 1.29 is 20.1 Å². The van der Waals surface area contributed by atoms with E-state index < -0.39 is 24.2 Å². The van der Waals surface area contributed by atoms with E-state index in [1.54, 1.807) is 6.08 Å². The summed E-state index contributed by atoms with van der Waals surface area (Å²) in [5.41, 5.74) is 0. The Morgan fingerprint density at radius 2 is 0.707 bits per heavy atom. The molecule has 5 nitrogen and oxygen atoms in total. The molecule has 0 fully saturated rings. The predicted octanol–water partition coefficient (Wildman–Crippen LogP) is 15.5. The molecule has 0 bridgehead atoms. The van der Waals surface area contributed by atoms with Crippen LogP contribution in [0.2, 0.25) is 0 Å². The predicted molar refractivity (Wildman–Crippen MR) is 254 cm³/mol. The fraction of sp³-hybridized carbons (Fsp3) is 0.868. The van der Waals surface area contributed by atoms with E-state index in [1.165, 1.54) is 212 Å². The number of hydrogen-bond donors (Lipinski definition) is 4. The maximum absolute atomic E-state index is 12.5. The molecule has 0 aromatic carbocycles. The van der Waals surface area contributed by atoms with E-state index in [-0.39, 0.29) is 6.61 Å². The molecule has 0 heterocycles. The number of allylic oxidation sites excluding steroid dienone is 5. The van der Waals surface area contributed by atoms with Crippen molar-refractivity contribution in [2.75, 3.05) is 6.61 Å². The van der Waals surface area contributed by atoms with Gasteiger partial charge in [0.1, 0.15) is 6.10 Å². The summed E-state index contributed by atoms with van der Waals surface area (Å²) in [4.78, 5) is 12.5. The van der Waals surface area contributed by atoms with E-state index in [0.29, 0.717) is 6.42 Å². The smallest absolute Gasteiger partial charge is 0.249 e. The number of unbranched alkanes of at least 4 members (excludes halogenated alkanes) is 35. The lowest BCUT2D eigenvalue weighted by Crippen LogP contribution is -2.48. The van der Waals surface area contributed by atoms with Gasteiger partial charge in [-0.25, -0.2) is 0 Å². The Bertz CT molecular complexity index is 901. The van der Waals surface area contributed by atoms with Crippen LogP contribution in [0, 0.1) is 0 Å². The Hall–Kier alpha value is -1.43. The number of nitrogens with one attached hydrogen (secondary N) is 1. The number of aliphatic hydroxyl groups is 3. The fourth-order valence-electron chi connectivity index (χ4n) is 7.90. The lowest BCUT2D eigenvalue weighted by Gasteiger charge is -2.21. The van der Waals surface area contributed by atoms with Gasteiger partial charge in [-0.3, -0.25) is 4.79 Å². The number of carbonyl (C=O) groups is 1. The van der Waals surface area contributed by atoms with Gasteiger partial charge >= 0.3 is 0 Å². The summed E-state index contributed by atoms with van der Waals surface area (Å²) in [7, 11) is 0. The van der Waals surface area contributed by atoms with Gasteiger partial charge < -0.3 is 20.6 Å². The van der Waals surface area contributed by atoms with Crippen LogP contribution in [-0.4, -0.2) is 46.1 Å². The third-order valence-corrected chi connectivity index (χ3v) is 12.0. The molecule has 4 N–H and O–H groups in total. The van der Waals surface area contributed by atoms with Crippen LogP contribution in [-0.2, 0) is 4.79 Å². The van der Waals surface area contributed by atoms with Crippen molar-refractivity contribution in [1.29, 1.82) is 0 Å². The molecule has 0 aromatic heterocycles. The van der Waals surface area contributed by atoms with E-state index in [2.05, 4.69) is 43.5 Å². The van der Waals surface area contributed by atoms with Crippen LogP contribution in [0.1, 0.15) is 271 Å². The largest absolute Gasteiger partial charge is 0.394 e. The van der Waals surface area contributed by atoms with Crippen molar-refractivity contribution >= 4 is 5.91 Å². The quantitative estimate of drug-likeness (QED) is 0.0364. The van der Waals surface area contributed by atoms with Gasteiger partial charge in [0.15, 0.2) is 0 Å². The maximum Gasteiger partial charge on any atom is 0.249 e. The minimum Gasteiger partial charge on any atom is -0.394 e. The number of aliphatic hydroxyl groups excluding tert-OH is 3. The van der Waals surface area contributed by atoms with Gasteiger partial charge in [0.2, 0.25) is 5.91 Å². The van der Waals surface area contributed by atoms with Gasteiger partial charge in [-0.2, -0.15) is 0 Å². The number of hydrogen-bond acceptors (Lipinski definition) is 4. The minimum atomic E-state index is -1.11. The van der Waals surface area contributed by atoms with Crippen LogP contribution in [0.4, 0.5) is 0 Å². The first kappa shape index (κ1) is 56.6. The highest BCUT2D eigenvalue weighted by atomic mass is 16.3. The van der Waals surface area contributed by atoms with Crippen LogP contribution in [0.25, 0.3) is 0 Å². The first-order chi connectivity index (χ1) is 28.6. The Balaban J connectivity index is 3.65. The van der Waals surface area contributed by atoms with E-state index in [9.17, 15) is 20.1 Å². The Kier molecular flexibility index (Phi) is 47.0. The minimum absolute atomic E-state index is 0.377. The zero-order valence-corrected chi connectivity index (χ0v) is 38.9. The molecule has 0 aliphatic heterocycles. The standard InChI is InChI=1S/C53H101NO4/c1-3-5-7-9-11-13-15-17-19-21-23-25-26-28-30-32-34-36-38-40-42-44-46-48-52(57)53(58)54-50(49-55)51(56)47-45-43-41-39-37-35-33-31-29-27-24-22-20-18-16-14-12-10-8-6-4-2/h28,30,37,39,45,47,50-52,55-57H,3-27,29,31-36,38,40-44,46,48-49H2,1-2H3,(H,54,58)/b30-28-,39-37+,47-45+. The second-order valence-electron chi connectivity index (χ2n) is 17.7. The van der Waals surface area contributed by atoms with Crippen LogP contribution in [0.15, 0.2) is 36.5 Å². The molecule has 0 aromatic rings. The van der Waals surface area contributed by atoms with E-state index in [1.807, 2.05) is 6.08 Å². The molecule has 0 saturated carbocycles. The van der Waals surface area contributed by atoms with Crippen molar-refractivity contribution in [3.8, 4) is 0 Å². The van der Waals surface area contributed by atoms with Crippen molar-refractivity contribution in [2.24, 2.45) is 0 Å². The lowest BCUT2D eigenvalue weighted by molar-refractivity contribution is -0.131. The average molecular weight is 816 g/mol. The summed E-state index contributed by atoms with van der Waals surface area (Å²) in [6.45, 7) is 4.19. The molecular weight excluding hydrogens is 715 g/mol. The van der Waals surface area contributed by atoms with Gasteiger partial charge in [-0.1, -0.05) is 249 Å². The Morgan fingerprint density at radius 3 is 1.05 bits per heavy atom. The normalized spacial score (nSPS) is 13.7. The van der Waals surface area contributed by atoms with Crippen molar-refractivity contribution in [3.63, 3.8) is 0 Å². The van der Waals surface area contributed by atoms with Crippen LogP contribution >= 0.6 is 0 Å². The second-order valence-corrected chi connectivity index (χ2v) is 17.7. The number of carbonyl (C=O) groups excluding carboxylic acids is 1. The SMILES string of the molecule is CCCCCCCCCCCCCC/C=C\CCCCCCCCCC(O)C(=O)NC(CO)C(O)/C=C/CC/C=C/CCCCCCCCCCCCCCCCC. The number of rotatable bonds is 47. The molecule has 3 unspecified atom stereocenters. The summed E-state index contributed by atoms with van der Waals surface area (Å²) < 4.78 is 0. The topological polar surface area (TPSA) is 89.8 Å². The first-order valence-electron chi connectivity index (χ1n) is 25.8. The van der Waals surface area contributed by atoms with E-state index >= 15 is 0 Å². The maximum atomic E-state index is 12.5. The van der Waals surface area contributed by atoms with Gasteiger partial charge in [-0.05, 0) is 57.8 Å². The van der Waals surface area contributed by atoms with Crippen molar-refractivity contribution in [2.45, 2.75) is 289 Å². The fourth-order valence-corrected chi connectivity index (χ4v) is 7.90. The zero-order chi connectivity index (χ0) is 42.3. The number of amides is 1. The molecular formula is C53H101NO4. The summed E-state index contributed by atoms with van der Waals surface area (Å²) in [5.74, 6) is -0.514. The third-order valence-electron chi connectivity index (χ3n) is 12.0. The molecule has 0 saturated heterocycles. The Labute approximate surface area is 362 Å². The zero-order valence-electron chi connectivity index (χ0n) is 38.9. The summed E-state index contributed by atoms with van der Waals surface area (Å²) in [5, 5.41) is 33.3. The molecule has 5 heteroatoms. The van der Waals surface area contributed by atoms with Crippen LogP contribution < -0.4 is 5.32 Å². The van der Waals surface area contributed by atoms with Gasteiger partial charge in [0, 0.05) is 0 Å². The van der Waals surface area contributed by atoms with Crippen LogP contribution in [0.5, 0.6) is 0 Å². The average Bonchev–Trinajstić information content (AvgIpc) is 3.23. The van der Waals surface area contributed by atoms with Gasteiger partial charge in [0.25, 0.3) is 0 Å². The lowest BCUT2D eigenvalue weighted by atomic mass is 10.0. The summed E-state index contributed by atoms with van der Waals surface area (Å²) in [6, 6.07) is -0.816.